The van der Waals surface area contributed by atoms with E-state index < -0.39 is 30.6 Å². The molecule has 0 bridgehead atoms. The van der Waals surface area contributed by atoms with Crippen LogP contribution in [0, 0.1) is 0 Å². The highest BCUT2D eigenvalue weighted by Gasteiger charge is 2.19. The Hall–Kier alpha value is -1.63. The first-order chi connectivity index (χ1) is 10.5. The third-order valence-corrected chi connectivity index (χ3v) is 2.58. The second kappa shape index (κ2) is 13.1. The van der Waals surface area contributed by atoms with Crippen molar-refractivity contribution in [1.29, 1.82) is 0 Å². The maximum Gasteiger partial charge on any atom is 0.347 e. The number of hydrogen-bond donors (Lipinski definition) is 0. The Balaban J connectivity index is 3.75. The van der Waals surface area contributed by atoms with Crippen LogP contribution in [0.5, 0.6) is 0 Å². The van der Waals surface area contributed by atoms with E-state index in [1.165, 1.54) is 6.92 Å². The minimum atomic E-state index is -0.996. The number of unbranched alkanes of at least 4 members (excludes halogenated alkanes) is 2. The summed E-state index contributed by atoms with van der Waals surface area (Å²) in [4.78, 5) is 34.1. The van der Waals surface area contributed by atoms with Crippen LogP contribution in [-0.4, -0.2) is 50.4 Å². The fourth-order valence-corrected chi connectivity index (χ4v) is 1.30. The van der Waals surface area contributed by atoms with Gasteiger partial charge in [-0.15, -0.1) is 0 Å². The van der Waals surface area contributed by atoms with Gasteiger partial charge in [-0.05, 0) is 19.8 Å². The molecule has 0 aliphatic carbocycles. The number of carbonyl (C=O) groups is 3. The first-order valence-corrected chi connectivity index (χ1v) is 7.60. The fraction of sp³-hybridized carbons (Fsp3) is 0.800. The number of carbonyl (C=O) groups excluding carboxylic acids is 3. The topological polar surface area (TPSA) is 88.1 Å². The van der Waals surface area contributed by atoms with Crippen molar-refractivity contribution >= 4 is 17.9 Å². The molecule has 0 spiro atoms. The summed E-state index contributed by atoms with van der Waals surface area (Å²) in [6, 6.07) is 0. The van der Waals surface area contributed by atoms with Crippen LogP contribution in [0.25, 0.3) is 0 Å². The number of rotatable bonds is 12. The first-order valence-electron chi connectivity index (χ1n) is 7.60. The summed E-state index contributed by atoms with van der Waals surface area (Å²) in [5, 5.41) is 0. The molecule has 0 N–H and O–H groups in total. The Labute approximate surface area is 131 Å². The summed E-state index contributed by atoms with van der Waals surface area (Å²) in [6.45, 7) is 5.27. The second-order valence-electron chi connectivity index (χ2n) is 4.72. The molecule has 0 aromatic rings. The zero-order chi connectivity index (χ0) is 16.8. The van der Waals surface area contributed by atoms with Crippen LogP contribution in [0.2, 0.25) is 0 Å². The van der Waals surface area contributed by atoms with E-state index in [0.29, 0.717) is 13.2 Å². The highest BCUT2D eigenvalue weighted by Crippen LogP contribution is 1.98. The lowest BCUT2D eigenvalue weighted by atomic mass is 10.3. The number of ether oxygens (including phenoxy) is 4. The summed E-state index contributed by atoms with van der Waals surface area (Å²) in [7, 11) is 0. The summed E-state index contributed by atoms with van der Waals surface area (Å²) in [5.41, 5.74) is 0. The van der Waals surface area contributed by atoms with Gasteiger partial charge in [0.1, 0.15) is 13.2 Å². The molecule has 0 aromatic heterocycles. The lowest BCUT2D eigenvalue weighted by molar-refractivity contribution is -0.170. The van der Waals surface area contributed by atoms with Gasteiger partial charge in [-0.1, -0.05) is 26.7 Å². The van der Waals surface area contributed by atoms with Gasteiger partial charge in [0.25, 0.3) is 0 Å². The lowest BCUT2D eigenvalue weighted by Crippen LogP contribution is -2.29. The predicted octanol–water partition coefficient (Wildman–Crippen LogP) is 1.62. The van der Waals surface area contributed by atoms with E-state index in [1.807, 2.05) is 13.8 Å². The van der Waals surface area contributed by atoms with Crippen LogP contribution in [0.1, 0.15) is 46.5 Å². The Morgan fingerprint density at radius 3 is 2.00 bits per heavy atom. The van der Waals surface area contributed by atoms with Gasteiger partial charge < -0.3 is 18.9 Å². The van der Waals surface area contributed by atoms with Gasteiger partial charge in [-0.3, -0.25) is 0 Å². The van der Waals surface area contributed by atoms with Gasteiger partial charge in [-0.2, -0.15) is 0 Å². The normalized spacial score (nSPS) is 11.6. The molecule has 0 saturated carbocycles. The summed E-state index contributed by atoms with van der Waals surface area (Å²) < 4.78 is 19.5. The lowest BCUT2D eigenvalue weighted by Gasteiger charge is -2.12. The molecule has 0 radical (unpaired) electrons. The molecule has 0 aromatic carbocycles. The quantitative estimate of drug-likeness (QED) is 0.307. The molecule has 0 aliphatic rings. The molecular formula is C15H26O7. The molecule has 7 heteroatoms. The second-order valence-corrected chi connectivity index (χ2v) is 4.72. The van der Waals surface area contributed by atoms with Crippen molar-refractivity contribution in [2.75, 3.05) is 26.4 Å². The van der Waals surface area contributed by atoms with Crippen LogP contribution >= 0.6 is 0 Å². The zero-order valence-corrected chi connectivity index (χ0v) is 13.6. The molecular weight excluding hydrogens is 292 g/mol. The average molecular weight is 318 g/mol. The highest BCUT2D eigenvalue weighted by molar-refractivity contribution is 5.79. The minimum Gasteiger partial charge on any atom is -0.464 e. The monoisotopic (exact) mass is 318 g/mol. The molecule has 22 heavy (non-hydrogen) atoms. The van der Waals surface area contributed by atoms with Gasteiger partial charge >= 0.3 is 17.9 Å². The van der Waals surface area contributed by atoms with E-state index >= 15 is 0 Å². The predicted molar refractivity (Wildman–Crippen MR) is 78.1 cm³/mol. The van der Waals surface area contributed by atoms with E-state index in [-0.39, 0.29) is 6.61 Å². The molecule has 0 unspecified atom stereocenters. The van der Waals surface area contributed by atoms with Gasteiger partial charge in [0, 0.05) is 0 Å². The Bertz CT molecular complexity index is 341. The molecule has 7 nitrogen and oxygen atoms in total. The third kappa shape index (κ3) is 11.1. The molecule has 0 amide bonds. The van der Waals surface area contributed by atoms with Crippen LogP contribution < -0.4 is 0 Å². The zero-order valence-electron chi connectivity index (χ0n) is 13.6. The van der Waals surface area contributed by atoms with Gasteiger partial charge in [-0.25, -0.2) is 14.4 Å². The van der Waals surface area contributed by atoms with E-state index in [2.05, 4.69) is 0 Å². The van der Waals surface area contributed by atoms with Crippen LogP contribution in [-0.2, 0) is 33.3 Å². The summed E-state index contributed by atoms with van der Waals surface area (Å²) in [6.07, 6.45) is 2.38. The third-order valence-electron chi connectivity index (χ3n) is 2.58. The van der Waals surface area contributed by atoms with Crippen molar-refractivity contribution in [2.24, 2.45) is 0 Å². The number of hydrogen-bond acceptors (Lipinski definition) is 7. The van der Waals surface area contributed by atoms with Gasteiger partial charge in [0.05, 0.1) is 13.2 Å². The van der Waals surface area contributed by atoms with Crippen molar-refractivity contribution in [3.63, 3.8) is 0 Å². The molecule has 0 heterocycles. The smallest absolute Gasteiger partial charge is 0.347 e. The van der Waals surface area contributed by atoms with Crippen molar-refractivity contribution < 1.29 is 33.3 Å². The Morgan fingerprint density at radius 1 is 0.864 bits per heavy atom. The van der Waals surface area contributed by atoms with Crippen LogP contribution in [0.4, 0.5) is 0 Å². The SMILES string of the molecule is CCCCOC(=O)COCC(=O)O[C@@H](C)C(=O)OCCCC. The molecule has 128 valence electrons. The molecule has 0 saturated heterocycles. The van der Waals surface area contributed by atoms with Crippen molar-refractivity contribution in [3.8, 4) is 0 Å². The van der Waals surface area contributed by atoms with E-state index in [0.717, 1.165) is 25.7 Å². The molecule has 0 fully saturated rings. The van der Waals surface area contributed by atoms with Crippen LogP contribution in [0.15, 0.2) is 0 Å². The largest absolute Gasteiger partial charge is 0.464 e. The maximum atomic E-state index is 11.5. The van der Waals surface area contributed by atoms with Gasteiger partial charge in [0.15, 0.2) is 6.10 Å². The van der Waals surface area contributed by atoms with Crippen molar-refractivity contribution in [1.82, 2.24) is 0 Å². The average Bonchev–Trinajstić information content (AvgIpc) is 2.47. The van der Waals surface area contributed by atoms with E-state index in [1.54, 1.807) is 0 Å². The van der Waals surface area contributed by atoms with Crippen molar-refractivity contribution in [3.05, 3.63) is 0 Å². The Morgan fingerprint density at radius 2 is 1.41 bits per heavy atom. The molecule has 1 atom stereocenters. The van der Waals surface area contributed by atoms with Crippen molar-refractivity contribution in [2.45, 2.75) is 52.6 Å². The van der Waals surface area contributed by atoms with E-state index in [4.69, 9.17) is 18.9 Å². The Kier molecular flexibility index (Phi) is 12.1. The van der Waals surface area contributed by atoms with Gasteiger partial charge in [0.2, 0.25) is 0 Å². The number of esters is 3. The standard InChI is InChI=1S/C15H26O7/c1-4-6-8-20-13(16)10-19-11-14(17)22-12(3)15(18)21-9-7-5-2/h12H,4-11H2,1-3H3/t12-/m0/s1. The van der Waals surface area contributed by atoms with Crippen LogP contribution in [0.3, 0.4) is 0 Å². The minimum absolute atomic E-state index is 0.303. The maximum absolute atomic E-state index is 11.5. The summed E-state index contributed by atoms with van der Waals surface area (Å²) in [5.74, 6) is -1.87. The summed E-state index contributed by atoms with van der Waals surface area (Å²) >= 11 is 0. The molecule has 0 rings (SSSR count). The first kappa shape index (κ1) is 20.4. The highest BCUT2D eigenvalue weighted by atomic mass is 16.6. The van der Waals surface area contributed by atoms with E-state index in [9.17, 15) is 14.4 Å². The fourth-order valence-electron chi connectivity index (χ4n) is 1.30. The molecule has 0 aliphatic heterocycles.